The molecule has 0 radical (unpaired) electrons. The third kappa shape index (κ3) is 5.20. The van der Waals surface area contributed by atoms with E-state index in [9.17, 15) is 4.79 Å². The monoisotopic (exact) mass is 285 g/mol. The standard InChI is InChI=1S/C17H23N3O/c18-11-6-7-14-10-12-19-16(13-14)20-17(21)15-8-4-2-1-3-5-9-15/h10,12-13,15H,1-5,8-9,11,18H2,(H,19,20,21). The molecule has 4 nitrogen and oxygen atoms in total. The Morgan fingerprint density at radius 3 is 2.71 bits per heavy atom. The van der Waals surface area contributed by atoms with Gasteiger partial charge in [-0.25, -0.2) is 4.98 Å². The van der Waals surface area contributed by atoms with Crippen LogP contribution in [-0.2, 0) is 4.79 Å². The number of hydrogen-bond acceptors (Lipinski definition) is 3. The lowest BCUT2D eigenvalue weighted by Gasteiger charge is -2.18. The van der Waals surface area contributed by atoms with Gasteiger partial charge in [0.2, 0.25) is 5.91 Å². The molecule has 1 aromatic rings. The van der Waals surface area contributed by atoms with Gasteiger partial charge >= 0.3 is 0 Å². The molecular formula is C17H23N3O. The minimum Gasteiger partial charge on any atom is -0.320 e. The van der Waals surface area contributed by atoms with E-state index in [0.717, 1.165) is 31.2 Å². The Hall–Kier alpha value is -1.86. The fraction of sp³-hybridized carbons (Fsp3) is 0.529. The van der Waals surface area contributed by atoms with Gasteiger partial charge in [0.1, 0.15) is 5.82 Å². The Bertz CT molecular complexity index is 522. The molecule has 0 saturated heterocycles. The van der Waals surface area contributed by atoms with Crippen LogP contribution < -0.4 is 11.1 Å². The number of amides is 1. The number of nitrogens with one attached hydrogen (secondary N) is 1. The number of carbonyl (C=O) groups excluding carboxylic acids is 1. The van der Waals surface area contributed by atoms with Crippen molar-refractivity contribution in [1.29, 1.82) is 0 Å². The predicted octanol–water partition coefficient (Wildman–Crippen LogP) is 2.69. The minimum atomic E-state index is 0.0911. The van der Waals surface area contributed by atoms with Gasteiger partial charge in [-0.3, -0.25) is 4.79 Å². The number of pyridine rings is 1. The Labute approximate surface area is 126 Å². The van der Waals surface area contributed by atoms with E-state index in [-0.39, 0.29) is 11.8 Å². The summed E-state index contributed by atoms with van der Waals surface area (Å²) in [6, 6.07) is 3.61. The molecule has 0 aliphatic heterocycles. The maximum absolute atomic E-state index is 12.4. The van der Waals surface area contributed by atoms with Crippen molar-refractivity contribution in [2.45, 2.75) is 44.9 Å². The lowest BCUT2D eigenvalue weighted by atomic mass is 9.90. The van der Waals surface area contributed by atoms with Gasteiger partial charge in [0.15, 0.2) is 0 Å². The Kier molecular flexibility index (Phi) is 6.23. The molecule has 1 aliphatic carbocycles. The van der Waals surface area contributed by atoms with Crippen LogP contribution in [0.2, 0.25) is 0 Å². The molecule has 1 aliphatic rings. The molecule has 1 amide bonds. The number of rotatable bonds is 2. The zero-order valence-electron chi connectivity index (χ0n) is 12.4. The first-order valence-electron chi connectivity index (χ1n) is 7.75. The van der Waals surface area contributed by atoms with Crippen molar-refractivity contribution in [2.24, 2.45) is 11.7 Å². The van der Waals surface area contributed by atoms with E-state index < -0.39 is 0 Å². The van der Waals surface area contributed by atoms with Gasteiger partial charge in [0.05, 0.1) is 6.54 Å². The van der Waals surface area contributed by atoms with Gasteiger partial charge in [0.25, 0.3) is 0 Å². The first kappa shape index (κ1) is 15.5. The van der Waals surface area contributed by atoms with Crippen LogP contribution >= 0.6 is 0 Å². The first-order chi connectivity index (χ1) is 10.3. The Morgan fingerprint density at radius 1 is 1.29 bits per heavy atom. The molecule has 21 heavy (non-hydrogen) atoms. The largest absolute Gasteiger partial charge is 0.320 e. The summed E-state index contributed by atoms with van der Waals surface area (Å²) in [5.41, 5.74) is 6.18. The summed E-state index contributed by atoms with van der Waals surface area (Å²) in [6.07, 6.45) is 9.71. The lowest BCUT2D eigenvalue weighted by Crippen LogP contribution is -2.24. The van der Waals surface area contributed by atoms with Crippen molar-refractivity contribution in [3.63, 3.8) is 0 Å². The van der Waals surface area contributed by atoms with Crippen molar-refractivity contribution >= 4 is 11.7 Å². The summed E-state index contributed by atoms with van der Waals surface area (Å²) >= 11 is 0. The molecular weight excluding hydrogens is 262 g/mol. The Morgan fingerprint density at radius 2 is 2.00 bits per heavy atom. The van der Waals surface area contributed by atoms with Gasteiger partial charge in [-0.15, -0.1) is 0 Å². The maximum atomic E-state index is 12.4. The van der Waals surface area contributed by atoms with Crippen LogP contribution in [0, 0.1) is 17.8 Å². The van der Waals surface area contributed by atoms with E-state index in [1.807, 2.05) is 6.07 Å². The molecule has 0 atom stereocenters. The summed E-state index contributed by atoms with van der Waals surface area (Å²) in [5, 5.41) is 2.93. The molecule has 0 bridgehead atoms. The summed E-state index contributed by atoms with van der Waals surface area (Å²) in [4.78, 5) is 16.5. The average Bonchev–Trinajstić information content (AvgIpc) is 2.45. The van der Waals surface area contributed by atoms with Crippen LogP contribution in [0.15, 0.2) is 18.3 Å². The summed E-state index contributed by atoms with van der Waals surface area (Å²) in [7, 11) is 0. The number of carbonyl (C=O) groups is 1. The second-order valence-corrected chi connectivity index (χ2v) is 5.47. The summed E-state index contributed by atoms with van der Waals surface area (Å²) in [5.74, 6) is 6.53. The fourth-order valence-electron chi connectivity index (χ4n) is 2.68. The van der Waals surface area contributed by atoms with Gasteiger partial charge in [-0.1, -0.05) is 43.9 Å². The van der Waals surface area contributed by atoms with Crippen molar-refractivity contribution in [1.82, 2.24) is 4.98 Å². The van der Waals surface area contributed by atoms with Crippen LogP contribution in [0.5, 0.6) is 0 Å². The fourth-order valence-corrected chi connectivity index (χ4v) is 2.68. The van der Waals surface area contributed by atoms with E-state index in [0.29, 0.717) is 12.4 Å². The third-order valence-corrected chi connectivity index (χ3v) is 3.82. The molecule has 112 valence electrons. The number of nitrogens with zero attached hydrogens (tertiary/aromatic N) is 1. The van der Waals surface area contributed by atoms with Gasteiger partial charge in [-0.2, -0.15) is 0 Å². The van der Waals surface area contributed by atoms with Crippen LogP contribution in [0.4, 0.5) is 5.82 Å². The van der Waals surface area contributed by atoms with Crippen LogP contribution in [0.1, 0.15) is 50.5 Å². The zero-order valence-corrected chi connectivity index (χ0v) is 12.4. The molecule has 1 saturated carbocycles. The topological polar surface area (TPSA) is 68.0 Å². The van der Waals surface area contributed by atoms with Gasteiger partial charge < -0.3 is 11.1 Å². The molecule has 2 rings (SSSR count). The van der Waals surface area contributed by atoms with Crippen molar-refractivity contribution in [2.75, 3.05) is 11.9 Å². The predicted molar refractivity (Wildman–Crippen MR) is 84.6 cm³/mol. The number of aromatic nitrogens is 1. The zero-order chi connectivity index (χ0) is 14.9. The Balaban J connectivity index is 1.97. The molecule has 1 heterocycles. The van der Waals surface area contributed by atoms with Crippen molar-refractivity contribution in [3.8, 4) is 11.8 Å². The third-order valence-electron chi connectivity index (χ3n) is 3.82. The van der Waals surface area contributed by atoms with E-state index in [1.165, 1.54) is 19.3 Å². The van der Waals surface area contributed by atoms with Gasteiger partial charge in [-0.05, 0) is 25.0 Å². The second kappa shape index (κ2) is 8.43. The van der Waals surface area contributed by atoms with Gasteiger partial charge in [0, 0.05) is 17.7 Å². The molecule has 1 fully saturated rings. The van der Waals surface area contributed by atoms with E-state index >= 15 is 0 Å². The smallest absolute Gasteiger partial charge is 0.228 e. The van der Waals surface area contributed by atoms with Crippen molar-refractivity contribution < 1.29 is 4.79 Å². The normalized spacial score (nSPS) is 16.2. The number of nitrogens with two attached hydrogens (primary N) is 1. The highest BCUT2D eigenvalue weighted by atomic mass is 16.1. The second-order valence-electron chi connectivity index (χ2n) is 5.47. The van der Waals surface area contributed by atoms with E-state index in [4.69, 9.17) is 5.73 Å². The van der Waals surface area contributed by atoms with E-state index in [1.54, 1.807) is 12.3 Å². The highest BCUT2D eigenvalue weighted by molar-refractivity contribution is 5.91. The SMILES string of the molecule is NCC#Cc1ccnc(NC(=O)C2CCCCCCC2)c1. The highest BCUT2D eigenvalue weighted by Crippen LogP contribution is 2.23. The summed E-state index contributed by atoms with van der Waals surface area (Å²) in [6.45, 7) is 0.325. The van der Waals surface area contributed by atoms with Crippen LogP contribution in [0.3, 0.4) is 0 Å². The molecule has 0 unspecified atom stereocenters. The molecule has 0 spiro atoms. The van der Waals surface area contributed by atoms with E-state index in [2.05, 4.69) is 22.1 Å². The van der Waals surface area contributed by atoms with Crippen LogP contribution in [0.25, 0.3) is 0 Å². The average molecular weight is 285 g/mol. The molecule has 3 N–H and O–H groups in total. The first-order valence-corrected chi connectivity index (χ1v) is 7.75. The molecule has 0 aromatic carbocycles. The minimum absolute atomic E-state index is 0.0911. The highest BCUT2D eigenvalue weighted by Gasteiger charge is 2.19. The quantitative estimate of drug-likeness (QED) is 0.821. The van der Waals surface area contributed by atoms with Crippen molar-refractivity contribution in [3.05, 3.63) is 23.9 Å². The number of hydrogen-bond donors (Lipinski definition) is 2. The maximum Gasteiger partial charge on any atom is 0.228 e. The molecule has 4 heteroatoms. The number of anilines is 1. The summed E-state index contributed by atoms with van der Waals surface area (Å²) < 4.78 is 0. The van der Waals surface area contributed by atoms with Crippen LogP contribution in [-0.4, -0.2) is 17.4 Å². The molecule has 1 aromatic heterocycles. The lowest BCUT2D eigenvalue weighted by molar-refractivity contribution is -0.120.